The summed E-state index contributed by atoms with van der Waals surface area (Å²) in [6.45, 7) is 1.53. The Labute approximate surface area is 147 Å². The topological polar surface area (TPSA) is 69.6 Å². The minimum Gasteiger partial charge on any atom is -0.387 e. The number of anilines is 1. The number of benzene rings is 2. The maximum Gasteiger partial charge on any atom is 0.240 e. The van der Waals surface area contributed by atoms with Crippen molar-refractivity contribution in [3.8, 4) is 0 Å². The van der Waals surface area contributed by atoms with E-state index in [1.54, 1.807) is 31.2 Å². The molecule has 7 heteroatoms. The molecule has 1 atom stereocenters. The summed E-state index contributed by atoms with van der Waals surface area (Å²) in [6, 6.07) is 12.0. The Balaban J connectivity index is 2.10. The molecule has 130 valence electrons. The van der Waals surface area contributed by atoms with Crippen molar-refractivity contribution < 1.29 is 13.5 Å². The van der Waals surface area contributed by atoms with E-state index < -0.39 is 16.1 Å². The van der Waals surface area contributed by atoms with Gasteiger partial charge in [0.05, 0.1) is 11.0 Å². The Kier molecular flexibility index (Phi) is 5.87. The van der Waals surface area contributed by atoms with Crippen LogP contribution in [0.4, 0.5) is 5.69 Å². The smallest absolute Gasteiger partial charge is 0.240 e. The molecular weight excluding hydrogens is 348 g/mol. The molecule has 0 saturated carbocycles. The Morgan fingerprint density at radius 3 is 2.38 bits per heavy atom. The summed E-state index contributed by atoms with van der Waals surface area (Å²) >= 11 is 5.97. The molecule has 0 fully saturated rings. The summed E-state index contributed by atoms with van der Waals surface area (Å²) in [5.41, 5.74) is 2.13. The summed E-state index contributed by atoms with van der Waals surface area (Å²) in [7, 11) is 0.106. The van der Waals surface area contributed by atoms with Crippen molar-refractivity contribution in [2.24, 2.45) is 0 Å². The monoisotopic (exact) mass is 368 g/mol. The predicted molar refractivity (Wildman–Crippen MR) is 97.1 cm³/mol. The van der Waals surface area contributed by atoms with Crippen molar-refractivity contribution in [3.05, 3.63) is 58.6 Å². The molecule has 0 saturated heterocycles. The van der Waals surface area contributed by atoms with Crippen LogP contribution in [0.5, 0.6) is 0 Å². The first-order valence-corrected chi connectivity index (χ1v) is 9.28. The number of aliphatic hydroxyl groups is 1. The summed E-state index contributed by atoms with van der Waals surface area (Å²) in [5.74, 6) is 0. The molecule has 0 radical (unpaired) electrons. The van der Waals surface area contributed by atoms with Crippen LogP contribution in [0.1, 0.15) is 17.2 Å². The minimum absolute atomic E-state index is 0.115. The number of sulfonamides is 1. The van der Waals surface area contributed by atoms with E-state index in [1.165, 1.54) is 6.07 Å². The molecule has 0 heterocycles. The van der Waals surface area contributed by atoms with Crippen LogP contribution in [0, 0.1) is 6.92 Å². The Hall–Kier alpha value is -1.60. The number of halogens is 1. The average molecular weight is 369 g/mol. The first kappa shape index (κ1) is 18.7. The van der Waals surface area contributed by atoms with Gasteiger partial charge in [-0.3, -0.25) is 0 Å². The summed E-state index contributed by atoms with van der Waals surface area (Å²) in [4.78, 5) is 2.06. The molecule has 0 aliphatic heterocycles. The number of aliphatic hydroxyl groups excluding tert-OH is 1. The maximum atomic E-state index is 12.4. The summed E-state index contributed by atoms with van der Waals surface area (Å²) < 4.78 is 27.2. The maximum absolute atomic E-state index is 12.4. The third-order valence-corrected chi connectivity index (χ3v) is 5.75. The van der Waals surface area contributed by atoms with Crippen LogP contribution >= 0.6 is 11.6 Å². The van der Waals surface area contributed by atoms with E-state index in [0.29, 0.717) is 16.1 Å². The summed E-state index contributed by atoms with van der Waals surface area (Å²) in [6.07, 6.45) is -0.935. The zero-order valence-electron chi connectivity index (χ0n) is 13.8. The zero-order valence-corrected chi connectivity index (χ0v) is 15.4. The van der Waals surface area contributed by atoms with Gasteiger partial charge >= 0.3 is 0 Å². The van der Waals surface area contributed by atoms with Crippen LogP contribution in [0.3, 0.4) is 0 Å². The van der Waals surface area contributed by atoms with Gasteiger partial charge in [0.15, 0.2) is 0 Å². The van der Waals surface area contributed by atoms with E-state index in [4.69, 9.17) is 11.6 Å². The average Bonchev–Trinajstić information content (AvgIpc) is 2.55. The molecule has 2 aromatic carbocycles. The second-order valence-corrected chi connectivity index (χ2v) is 7.86. The molecule has 2 rings (SSSR count). The molecule has 5 nitrogen and oxygen atoms in total. The van der Waals surface area contributed by atoms with Gasteiger partial charge in [-0.1, -0.05) is 29.8 Å². The van der Waals surface area contributed by atoms with Crippen molar-refractivity contribution in [1.82, 2.24) is 4.72 Å². The van der Waals surface area contributed by atoms with Crippen LogP contribution < -0.4 is 9.62 Å². The number of nitrogens with one attached hydrogen (secondary N) is 1. The Morgan fingerprint density at radius 1 is 1.17 bits per heavy atom. The Morgan fingerprint density at radius 2 is 1.79 bits per heavy atom. The van der Waals surface area contributed by atoms with Crippen LogP contribution in [0.2, 0.25) is 5.02 Å². The number of rotatable bonds is 6. The van der Waals surface area contributed by atoms with E-state index >= 15 is 0 Å². The first-order valence-electron chi connectivity index (χ1n) is 7.42. The quantitative estimate of drug-likeness (QED) is 0.822. The molecule has 0 aliphatic carbocycles. The highest BCUT2D eigenvalue weighted by Crippen LogP contribution is 2.23. The highest BCUT2D eigenvalue weighted by atomic mass is 35.5. The van der Waals surface area contributed by atoms with Gasteiger partial charge in [0, 0.05) is 31.4 Å². The molecule has 0 aliphatic rings. The predicted octanol–water partition coefficient (Wildman–Crippen LogP) is 2.73. The zero-order chi connectivity index (χ0) is 17.9. The van der Waals surface area contributed by atoms with Crippen molar-refractivity contribution in [2.45, 2.75) is 17.9 Å². The highest BCUT2D eigenvalue weighted by molar-refractivity contribution is 7.89. The molecule has 0 amide bonds. The fourth-order valence-electron chi connectivity index (χ4n) is 2.26. The van der Waals surface area contributed by atoms with Gasteiger partial charge < -0.3 is 10.0 Å². The molecule has 0 spiro atoms. The second-order valence-electron chi connectivity index (χ2n) is 5.72. The van der Waals surface area contributed by atoms with E-state index in [-0.39, 0.29) is 11.4 Å². The number of hydrogen-bond donors (Lipinski definition) is 2. The van der Waals surface area contributed by atoms with Gasteiger partial charge in [-0.15, -0.1) is 0 Å². The van der Waals surface area contributed by atoms with Crippen molar-refractivity contribution in [3.63, 3.8) is 0 Å². The Bertz CT molecular complexity index is 805. The molecule has 0 unspecified atom stereocenters. The van der Waals surface area contributed by atoms with E-state index in [0.717, 1.165) is 5.69 Å². The fraction of sp³-hybridized carbons (Fsp3) is 0.294. The van der Waals surface area contributed by atoms with Crippen molar-refractivity contribution in [1.29, 1.82) is 0 Å². The van der Waals surface area contributed by atoms with Crippen molar-refractivity contribution >= 4 is 27.3 Å². The van der Waals surface area contributed by atoms with Gasteiger partial charge in [-0.2, -0.15) is 0 Å². The first-order chi connectivity index (χ1) is 11.2. The molecular formula is C17H21ClN2O3S. The summed E-state index contributed by atoms with van der Waals surface area (Å²) in [5, 5.41) is 10.6. The molecule has 0 bridgehead atoms. The largest absolute Gasteiger partial charge is 0.387 e. The standard InChI is InChI=1S/C17H21ClN2O3S/c1-12-15(18)5-4-6-17(12)24(22,23)19-11-16(21)13-7-9-14(10-8-13)20(2)3/h4-10,16,19,21H,11H2,1-3H3/t16-/m1/s1. The number of nitrogens with zero attached hydrogens (tertiary/aromatic N) is 1. The van der Waals surface area contributed by atoms with Crippen LogP contribution in [0.15, 0.2) is 47.4 Å². The minimum atomic E-state index is -3.74. The van der Waals surface area contributed by atoms with Crippen LogP contribution in [0.25, 0.3) is 0 Å². The van der Waals surface area contributed by atoms with Gasteiger partial charge in [0.1, 0.15) is 0 Å². The van der Waals surface area contributed by atoms with Gasteiger partial charge in [0.25, 0.3) is 0 Å². The highest BCUT2D eigenvalue weighted by Gasteiger charge is 2.19. The fourth-order valence-corrected chi connectivity index (χ4v) is 3.79. The van der Waals surface area contributed by atoms with E-state index in [9.17, 15) is 13.5 Å². The molecule has 24 heavy (non-hydrogen) atoms. The third kappa shape index (κ3) is 4.27. The van der Waals surface area contributed by atoms with Crippen LogP contribution in [-0.2, 0) is 10.0 Å². The molecule has 2 N–H and O–H groups in total. The lowest BCUT2D eigenvalue weighted by molar-refractivity contribution is 0.182. The SMILES string of the molecule is Cc1c(Cl)cccc1S(=O)(=O)NC[C@@H](O)c1ccc(N(C)C)cc1. The van der Waals surface area contributed by atoms with E-state index in [2.05, 4.69) is 4.72 Å². The molecule has 0 aromatic heterocycles. The third-order valence-electron chi connectivity index (χ3n) is 3.77. The lowest BCUT2D eigenvalue weighted by Crippen LogP contribution is -2.29. The van der Waals surface area contributed by atoms with Crippen molar-refractivity contribution in [2.75, 3.05) is 25.5 Å². The van der Waals surface area contributed by atoms with Gasteiger partial charge in [0.2, 0.25) is 10.0 Å². The second kappa shape index (κ2) is 7.53. The van der Waals surface area contributed by atoms with Crippen LogP contribution in [-0.4, -0.2) is 34.2 Å². The number of hydrogen-bond acceptors (Lipinski definition) is 4. The lowest BCUT2D eigenvalue weighted by atomic mass is 10.1. The molecule has 2 aromatic rings. The normalized spacial score (nSPS) is 12.9. The van der Waals surface area contributed by atoms with Gasteiger partial charge in [-0.05, 0) is 42.3 Å². The van der Waals surface area contributed by atoms with Gasteiger partial charge in [-0.25, -0.2) is 13.1 Å². The van der Waals surface area contributed by atoms with E-state index in [1.807, 2.05) is 31.1 Å². The lowest BCUT2D eigenvalue weighted by Gasteiger charge is -2.16.